The van der Waals surface area contributed by atoms with Crippen molar-refractivity contribution in [3.05, 3.63) is 91.1 Å². The highest BCUT2D eigenvalue weighted by molar-refractivity contribution is 6.31. The lowest BCUT2D eigenvalue weighted by Crippen LogP contribution is -2.48. The molecule has 2 aromatic carbocycles. The largest absolute Gasteiger partial charge is 0.497 e. The van der Waals surface area contributed by atoms with Gasteiger partial charge in [-0.05, 0) is 29.8 Å². The zero-order chi connectivity index (χ0) is 19.0. The lowest BCUT2D eigenvalue weighted by atomic mass is 10.1. The number of methoxy groups -OCH3 is 1. The number of para-hydroxylation sites is 1. The van der Waals surface area contributed by atoms with E-state index in [0.29, 0.717) is 17.0 Å². The van der Waals surface area contributed by atoms with Crippen molar-refractivity contribution in [2.45, 2.75) is 0 Å². The van der Waals surface area contributed by atoms with Crippen LogP contribution in [0.2, 0.25) is 0 Å². The highest BCUT2D eigenvalue weighted by atomic mass is 16.5. The van der Waals surface area contributed by atoms with Crippen molar-refractivity contribution in [3.63, 3.8) is 0 Å². The number of fused-ring (bicyclic) bond motifs is 1. The first-order valence-electron chi connectivity index (χ1n) is 8.20. The normalized spacial score (nSPS) is 15.4. The van der Waals surface area contributed by atoms with E-state index in [2.05, 4.69) is 15.3 Å². The number of ether oxygens (including phenoxy) is 1. The number of hydrogen-bond acceptors (Lipinski definition) is 4. The summed E-state index contributed by atoms with van der Waals surface area (Å²) in [5.41, 5.74) is 1.02. The zero-order valence-electron chi connectivity index (χ0n) is 14.3. The molecule has 0 saturated carbocycles. The van der Waals surface area contributed by atoms with Crippen LogP contribution in [-0.2, 0) is 4.79 Å². The maximum atomic E-state index is 12.6. The third-order valence-electron chi connectivity index (χ3n) is 4.31. The van der Waals surface area contributed by atoms with Gasteiger partial charge in [0.1, 0.15) is 16.4 Å². The van der Waals surface area contributed by atoms with Gasteiger partial charge in [-0.3, -0.25) is 14.4 Å². The van der Waals surface area contributed by atoms with Gasteiger partial charge >= 0.3 is 0 Å². The number of carbonyl (C=O) groups excluding carboxylic acids is 1. The van der Waals surface area contributed by atoms with Crippen LogP contribution >= 0.6 is 0 Å². The van der Waals surface area contributed by atoms with Gasteiger partial charge in [-0.1, -0.05) is 30.3 Å². The molecule has 7 nitrogen and oxygen atoms in total. The Labute approximate surface area is 152 Å². The zero-order valence-corrected chi connectivity index (χ0v) is 14.3. The molecule has 0 fully saturated rings. The van der Waals surface area contributed by atoms with Gasteiger partial charge in [-0.15, -0.1) is 0 Å². The molecule has 0 saturated heterocycles. The van der Waals surface area contributed by atoms with Crippen molar-refractivity contribution < 1.29 is 9.53 Å². The van der Waals surface area contributed by atoms with Crippen LogP contribution in [0.3, 0.4) is 0 Å². The number of carbonyl (C=O) groups is 1. The molecule has 27 heavy (non-hydrogen) atoms. The minimum absolute atomic E-state index is 0.0608. The van der Waals surface area contributed by atoms with E-state index in [1.54, 1.807) is 61.7 Å². The molecule has 3 N–H and O–H groups in total. The highest BCUT2D eigenvalue weighted by Gasteiger charge is 2.25. The Kier molecular flexibility index (Phi) is 3.97. The van der Waals surface area contributed by atoms with E-state index in [9.17, 15) is 14.4 Å². The molecule has 2 heterocycles. The van der Waals surface area contributed by atoms with Crippen molar-refractivity contribution in [3.8, 4) is 5.75 Å². The molecule has 0 atom stereocenters. The molecule has 1 aromatic heterocycles. The molecule has 1 aliphatic rings. The number of aromatic nitrogens is 2. The SMILES string of the molecule is COc1ccc(/C=c2/[nH]c(=O)/c(=C3\C(=O)Nc4ccccc43)[nH]c2=O)cc1. The summed E-state index contributed by atoms with van der Waals surface area (Å²) in [4.78, 5) is 42.4. The molecule has 0 spiro atoms. The maximum Gasteiger partial charge on any atom is 0.273 e. The number of anilines is 1. The second-order valence-corrected chi connectivity index (χ2v) is 5.99. The van der Waals surface area contributed by atoms with Gasteiger partial charge in [-0.2, -0.15) is 0 Å². The maximum absolute atomic E-state index is 12.6. The Morgan fingerprint density at radius 3 is 2.37 bits per heavy atom. The van der Waals surface area contributed by atoms with Crippen LogP contribution in [-0.4, -0.2) is 23.0 Å². The number of H-pyrrole nitrogens is 2. The molecular weight excluding hydrogens is 346 g/mol. The Balaban J connectivity index is 1.91. The van der Waals surface area contributed by atoms with Crippen LogP contribution in [0.4, 0.5) is 5.69 Å². The highest BCUT2D eigenvalue weighted by Crippen LogP contribution is 2.28. The van der Waals surface area contributed by atoms with Crippen LogP contribution < -0.4 is 31.9 Å². The fourth-order valence-corrected chi connectivity index (χ4v) is 2.99. The van der Waals surface area contributed by atoms with Crippen LogP contribution in [0.15, 0.2) is 58.1 Å². The second kappa shape index (κ2) is 6.45. The monoisotopic (exact) mass is 361 g/mol. The lowest BCUT2D eigenvalue weighted by Gasteiger charge is -1.99. The Bertz CT molecular complexity index is 1280. The van der Waals surface area contributed by atoms with Crippen molar-refractivity contribution in [2.75, 3.05) is 12.4 Å². The summed E-state index contributed by atoms with van der Waals surface area (Å²) in [7, 11) is 1.56. The lowest BCUT2D eigenvalue weighted by molar-refractivity contribution is -0.110. The molecule has 0 aliphatic carbocycles. The fraction of sp³-hybridized carbons (Fsp3) is 0.0500. The molecule has 0 radical (unpaired) electrons. The first-order valence-corrected chi connectivity index (χ1v) is 8.20. The number of hydrogen-bond donors (Lipinski definition) is 3. The van der Waals surface area contributed by atoms with Gasteiger partial charge in [0.2, 0.25) is 0 Å². The topological polar surface area (TPSA) is 104 Å². The van der Waals surface area contributed by atoms with E-state index in [0.717, 1.165) is 5.56 Å². The van der Waals surface area contributed by atoms with Gasteiger partial charge in [0.25, 0.3) is 17.0 Å². The number of aromatic amines is 2. The standard InChI is InChI=1S/C20H15N3O4/c1-27-12-8-6-11(7-9-12)10-15-18(24)23-17(20(26)22-15)16-13-4-2-3-5-14(13)21-19(16)25/h2-10H,1H3,(H,21,25)(H,22,26)(H,23,24)/b15-10+,17-16+. The van der Waals surface area contributed by atoms with Crippen LogP contribution in [0.5, 0.6) is 5.75 Å². The summed E-state index contributed by atoms with van der Waals surface area (Å²) in [6.07, 6.45) is 1.55. The molecule has 7 heteroatoms. The summed E-state index contributed by atoms with van der Waals surface area (Å²) in [6.45, 7) is 0. The van der Waals surface area contributed by atoms with Crippen LogP contribution in [0, 0.1) is 0 Å². The first-order chi connectivity index (χ1) is 13.1. The van der Waals surface area contributed by atoms with Crippen molar-refractivity contribution >= 4 is 23.2 Å². The minimum atomic E-state index is -0.545. The number of rotatable bonds is 2. The quantitative estimate of drug-likeness (QED) is 0.600. The fourth-order valence-electron chi connectivity index (χ4n) is 2.99. The summed E-state index contributed by atoms with van der Waals surface area (Å²) in [5, 5.41) is 2.72. The van der Waals surface area contributed by atoms with Gasteiger partial charge in [0.05, 0.1) is 12.7 Å². The van der Waals surface area contributed by atoms with E-state index >= 15 is 0 Å². The minimum Gasteiger partial charge on any atom is -0.497 e. The van der Waals surface area contributed by atoms with E-state index < -0.39 is 17.0 Å². The summed E-state index contributed by atoms with van der Waals surface area (Å²) < 4.78 is 5.09. The molecular formula is C20H15N3O4. The Morgan fingerprint density at radius 2 is 1.63 bits per heavy atom. The second-order valence-electron chi connectivity index (χ2n) is 5.99. The number of nitrogens with one attached hydrogen (secondary N) is 3. The smallest absolute Gasteiger partial charge is 0.273 e. The molecule has 3 aromatic rings. The Hall–Kier alpha value is -3.87. The van der Waals surface area contributed by atoms with Gasteiger partial charge in [-0.25, -0.2) is 0 Å². The molecule has 0 unspecified atom stereocenters. The summed E-state index contributed by atoms with van der Waals surface area (Å²) in [6, 6.07) is 14.0. The van der Waals surface area contributed by atoms with E-state index in [1.165, 1.54) is 0 Å². The molecule has 4 rings (SSSR count). The van der Waals surface area contributed by atoms with Crippen LogP contribution in [0.25, 0.3) is 11.6 Å². The number of amides is 1. The number of benzene rings is 2. The molecule has 1 amide bonds. The molecule has 134 valence electrons. The van der Waals surface area contributed by atoms with E-state index in [-0.39, 0.29) is 16.3 Å². The van der Waals surface area contributed by atoms with E-state index in [1.807, 2.05) is 0 Å². The third kappa shape index (κ3) is 2.95. The van der Waals surface area contributed by atoms with Crippen LogP contribution in [0.1, 0.15) is 11.1 Å². The van der Waals surface area contributed by atoms with Crippen molar-refractivity contribution in [1.29, 1.82) is 0 Å². The molecule has 1 aliphatic heterocycles. The predicted molar refractivity (Wildman–Crippen MR) is 101 cm³/mol. The third-order valence-corrected chi connectivity index (χ3v) is 4.31. The first kappa shape index (κ1) is 16.6. The summed E-state index contributed by atoms with van der Waals surface area (Å²) >= 11 is 0. The van der Waals surface area contributed by atoms with Gasteiger partial charge in [0, 0.05) is 11.3 Å². The van der Waals surface area contributed by atoms with Crippen molar-refractivity contribution in [2.24, 2.45) is 0 Å². The van der Waals surface area contributed by atoms with Gasteiger partial charge < -0.3 is 20.0 Å². The van der Waals surface area contributed by atoms with Gasteiger partial charge in [0.15, 0.2) is 0 Å². The average molecular weight is 361 g/mol. The van der Waals surface area contributed by atoms with E-state index in [4.69, 9.17) is 4.74 Å². The summed E-state index contributed by atoms with van der Waals surface area (Å²) in [5.74, 6) is 0.261. The Morgan fingerprint density at radius 1 is 0.889 bits per heavy atom. The van der Waals surface area contributed by atoms with Crippen molar-refractivity contribution in [1.82, 2.24) is 9.97 Å². The predicted octanol–water partition coefficient (Wildman–Crippen LogP) is 0.0517. The molecule has 0 bridgehead atoms. The average Bonchev–Trinajstić information content (AvgIpc) is 3.00.